The maximum absolute atomic E-state index is 9.54. The topological polar surface area (TPSA) is 35.8 Å². The third-order valence-corrected chi connectivity index (χ3v) is 4.97. The highest BCUT2D eigenvalue weighted by Gasteiger charge is 2.47. The van der Waals surface area contributed by atoms with Gasteiger partial charge in [0.2, 0.25) is 0 Å². The van der Waals surface area contributed by atoms with Crippen LogP contribution in [-0.4, -0.2) is 23.1 Å². The molecule has 2 aliphatic rings. The molecule has 2 rings (SSSR count). The Kier molecular flexibility index (Phi) is 4.76. The normalized spacial score (nSPS) is 23.1. The van der Waals surface area contributed by atoms with Crippen LogP contribution >= 0.6 is 11.8 Å². The Morgan fingerprint density at radius 2 is 2.06 bits per heavy atom. The van der Waals surface area contributed by atoms with Gasteiger partial charge in [0.1, 0.15) is 5.54 Å². The second-order valence-electron chi connectivity index (χ2n) is 5.54. The van der Waals surface area contributed by atoms with E-state index in [2.05, 4.69) is 18.3 Å². The molecule has 1 unspecified atom stereocenters. The fraction of sp³-hybridized carbons (Fsp3) is 0.929. The third-order valence-electron chi connectivity index (χ3n) is 3.73. The largest absolute Gasteiger partial charge is 0.296 e. The minimum Gasteiger partial charge on any atom is -0.296 e. The molecule has 2 aliphatic carbocycles. The number of rotatable bonds is 9. The number of nitrogens with zero attached hydrogens (tertiary/aromatic N) is 1. The van der Waals surface area contributed by atoms with E-state index in [1.165, 1.54) is 50.7 Å². The fourth-order valence-electron chi connectivity index (χ4n) is 2.29. The molecule has 0 heterocycles. The van der Waals surface area contributed by atoms with Gasteiger partial charge in [-0.1, -0.05) is 19.8 Å². The molecule has 96 valence electrons. The summed E-state index contributed by atoms with van der Waals surface area (Å²) in [5.41, 5.74) is -0.196. The Hall–Kier alpha value is -0.200. The second kappa shape index (κ2) is 6.11. The highest BCUT2D eigenvalue weighted by atomic mass is 32.2. The van der Waals surface area contributed by atoms with Crippen molar-refractivity contribution in [1.29, 1.82) is 5.26 Å². The zero-order chi connectivity index (χ0) is 12.1. The summed E-state index contributed by atoms with van der Waals surface area (Å²) in [4.78, 5) is 0. The van der Waals surface area contributed by atoms with Crippen LogP contribution in [-0.2, 0) is 0 Å². The first-order valence-corrected chi connectivity index (χ1v) is 8.23. The third kappa shape index (κ3) is 3.89. The summed E-state index contributed by atoms with van der Waals surface area (Å²) in [5, 5.41) is 13.2. The predicted molar refractivity (Wildman–Crippen MR) is 74.1 cm³/mol. The lowest BCUT2D eigenvalue weighted by molar-refractivity contribution is 0.401. The molecule has 2 nitrogen and oxygen atoms in total. The molecular weight excluding hydrogens is 228 g/mol. The summed E-state index contributed by atoms with van der Waals surface area (Å²) in [5.74, 6) is 2.84. The first kappa shape index (κ1) is 13.2. The van der Waals surface area contributed by atoms with E-state index in [0.717, 1.165) is 5.75 Å². The van der Waals surface area contributed by atoms with Crippen LogP contribution in [0.3, 0.4) is 0 Å². The molecule has 0 saturated heterocycles. The highest BCUT2D eigenvalue weighted by molar-refractivity contribution is 7.99. The van der Waals surface area contributed by atoms with Crippen LogP contribution in [0.15, 0.2) is 0 Å². The first-order valence-electron chi connectivity index (χ1n) is 7.07. The van der Waals surface area contributed by atoms with E-state index >= 15 is 0 Å². The fourth-order valence-corrected chi connectivity index (χ4v) is 3.55. The minimum atomic E-state index is -0.196. The average molecular weight is 252 g/mol. The van der Waals surface area contributed by atoms with Crippen LogP contribution in [0.1, 0.15) is 51.9 Å². The lowest BCUT2D eigenvalue weighted by atomic mass is 9.97. The van der Waals surface area contributed by atoms with Crippen molar-refractivity contribution in [2.75, 3.05) is 11.5 Å². The molecule has 2 saturated carbocycles. The van der Waals surface area contributed by atoms with Crippen LogP contribution in [0.2, 0.25) is 0 Å². The standard InChI is InChI=1S/C14H24N2S/c1-2-3-4-9-17-11-14(10-15,12-5-6-12)16-13-7-8-13/h12-13,16H,2-9,11H2,1H3. The molecule has 0 spiro atoms. The van der Waals surface area contributed by atoms with Crippen molar-refractivity contribution in [2.24, 2.45) is 5.92 Å². The Labute approximate surface area is 110 Å². The molecule has 17 heavy (non-hydrogen) atoms. The molecular formula is C14H24N2S. The Bertz CT molecular complexity index is 278. The summed E-state index contributed by atoms with van der Waals surface area (Å²) < 4.78 is 0. The van der Waals surface area contributed by atoms with Crippen molar-refractivity contribution in [3.63, 3.8) is 0 Å². The number of unbranched alkanes of at least 4 members (excludes halogenated alkanes) is 2. The van der Waals surface area contributed by atoms with Gasteiger partial charge in [0.25, 0.3) is 0 Å². The highest BCUT2D eigenvalue weighted by Crippen LogP contribution is 2.42. The van der Waals surface area contributed by atoms with Gasteiger partial charge in [-0.2, -0.15) is 17.0 Å². The van der Waals surface area contributed by atoms with E-state index in [-0.39, 0.29) is 5.54 Å². The first-order chi connectivity index (χ1) is 8.30. The van der Waals surface area contributed by atoms with Gasteiger partial charge in [-0.25, -0.2) is 0 Å². The van der Waals surface area contributed by atoms with E-state index in [1.54, 1.807) is 0 Å². The van der Waals surface area contributed by atoms with Crippen molar-refractivity contribution in [3.05, 3.63) is 0 Å². The van der Waals surface area contributed by atoms with Crippen molar-refractivity contribution < 1.29 is 0 Å². The molecule has 1 atom stereocenters. The molecule has 3 heteroatoms. The molecule has 0 bridgehead atoms. The smallest absolute Gasteiger partial charge is 0.118 e. The van der Waals surface area contributed by atoms with E-state index < -0.39 is 0 Å². The lowest BCUT2D eigenvalue weighted by Crippen LogP contribution is -2.49. The molecule has 0 aromatic rings. The Morgan fingerprint density at radius 3 is 2.59 bits per heavy atom. The number of thioether (sulfide) groups is 1. The zero-order valence-corrected chi connectivity index (χ0v) is 11.7. The molecule has 0 aliphatic heterocycles. The molecule has 1 N–H and O–H groups in total. The molecule has 2 fully saturated rings. The van der Waals surface area contributed by atoms with Gasteiger partial charge in [0.05, 0.1) is 6.07 Å². The van der Waals surface area contributed by atoms with Gasteiger partial charge in [-0.3, -0.25) is 5.32 Å². The molecule has 0 aromatic heterocycles. The summed E-state index contributed by atoms with van der Waals surface area (Å²) in [7, 11) is 0. The van der Waals surface area contributed by atoms with Crippen molar-refractivity contribution in [1.82, 2.24) is 5.32 Å². The number of hydrogen-bond acceptors (Lipinski definition) is 3. The number of nitrogens with one attached hydrogen (secondary N) is 1. The van der Waals surface area contributed by atoms with E-state index in [1.807, 2.05) is 11.8 Å². The number of hydrogen-bond donors (Lipinski definition) is 1. The van der Waals surface area contributed by atoms with E-state index in [0.29, 0.717) is 12.0 Å². The average Bonchev–Trinajstić information content (AvgIpc) is 3.18. The van der Waals surface area contributed by atoms with Gasteiger partial charge < -0.3 is 0 Å². The van der Waals surface area contributed by atoms with Crippen LogP contribution in [0.25, 0.3) is 0 Å². The maximum Gasteiger partial charge on any atom is 0.118 e. The van der Waals surface area contributed by atoms with Crippen molar-refractivity contribution >= 4 is 11.8 Å². The van der Waals surface area contributed by atoms with E-state index in [4.69, 9.17) is 0 Å². The van der Waals surface area contributed by atoms with E-state index in [9.17, 15) is 5.26 Å². The minimum absolute atomic E-state index is 0.196. The van der Waals surface area contributed by atoms with Crippen LogP contribution in [0.4, 0.5) is 0 Å². The van der Waals surface area contributed by atoms with Crippen LogP contribution < -0.4 is 5.32 Å². The summed E-state index contributed by atoms with van der Waals surface area (Å²) in [6, 6.07) is 3.25. The van der Waals surface area contributed by atoms with Gasteiger partial charge in [-0.15, -0.1) is 0 Å². The van der Waals surface area contributed by atoms with Crippen molar-refractivity contribution in [3.8, 4) is 6.07 Å². The second-order valence-corrected chi connectivity index (χ2v) is 6.64. The predicted octanol–water partition coefficient (Wildman–Crippen LogP) is 3.33. The maximum atomic E-state index is 9.54. The van der Waals surface area contributed by atoms with Crippen molar-refractivity contribution in [2.45, 2.75) is 63.5 Å². The summed E-state index contributed by atoms with van der Waals surface area (Å²) >= 11 is 1.98. The van der Waals surface area contributed by atoms with Crippen LogP contribution in [0.5, 0.6) is 0 Å². The number of nitriles is 1. The SMILES string of the molecule is CCCCCSCC(C#N)(NC1CC1)C1CC1. The molecule has 0 amide bonds. The zero-order valence-electron chi connectivity index (χ0n) is 10.9. The van der Waals surface area contributed by atoms with Gasteiger partial charge in [-0.05, 0) is 43.8 Å². The van der Waals surface area contributed by atoms with Crippen LogP contribution in [0, 0.1) is 17.2 Å². The quantitative estimate of drug-likeness (QED) is 0.639. The monoisotopic (exact) mass is 252 g/mol. The summed E-state index contributed by atoms with van der Waals surface area (Å²) in [6.45, 7) is 2.24. The van der Waals surface area contributed by atoms with Gasteiger partial charge in [0, 0.05) is 11.8 Å². The van der Waals surface area contributed by atoms with Gasteiger partial charge in [0.15, 0.2) is 0 Å². The molecule has 0 aromatic carbocycles. The molecule has 0 radical (unpaired) electrons. The summed E-state index contributed by atoms with van der Waals surface area (Å²) in [6.07, 6.45) is 8.97. The van der Waals surface area contributed by atoms with Gasteiger partial charge >= 0.3 is 0 Å². The lowest BCUT2D eigenvalue weighted by Gasteiger charge is -2.27. The Balaban J connectivity index is 1.76. The Morgan fingerprint density at radius 1 is 1.29 bits per heavy atom.